The Labute approximate surface area is 242 Å². The molecule has 9 nitrogen and oxygen atoms in total. The second-order valence-corrected chi connectivity index (χ2v) is 10.3. The van der Waals surface area contributed by atoms with Gasteiger partial charge in [0.15, 0.2) is 0 Å². The van der Waals surface area contributed by atoms with Gasteiger partial charge in [0.2, 0.25) is 5.71 Å². The van der Waals surface area contributed by atoms with Crippen molar-refractivity contribution in [2.75, 3.05) is 20.8 Å². The molecule has 216 valence electrons. The molecule has 0 aliphatic carbocycles. The fourth-order valence-electron chi connectivity index (χ4n) is 5.57. The van der Waals surface area contributed by atoms with Crippen LogP contribution >= 0.6 is 0 Å². The van der Waals surface area contributed by atoms with Crippen LogP contribution in [0.4, 0.5) is 0 Å². The van der Waals surface area contributed by atoms with Crippen molar-refractivity contribution < 1.29 is 28.5 Å². The molecule has 1 N–H and O–H groups in total. The summed E-state index contributed by atoms with van der Waals surface area (Å²) in [5.41, 5.74) is 1.33. The zero-order valence-corrected chi connectivity index (χ0v) is 23.6. The second-order valence-electron chi connectivity index (χ2n) is 10.3. The van der Waals surface area contributed by atoms with Crippen LogP contribution in [0, 0.1) is 6.92 Å². The zero-order chi connectivity index (χ0) is 29.3. The SMILES string of the molecule is COc1ccc(C(OC[C@H]2O[C@@H](n3cc4cc(C)oc4nc3=O)C[C@@H]2O)(c2ccccc2)c2ccc(OC)cc2)cc1. The number of fused-ring (bicyclic) bond motifs is 1. The van der Waals surface area contributed by atoms with Crippen LogP contribution in [-0.4, -0.2) is 47.7 Å². The smallest absolute Gasteiger partial charge is 0.353 e. The van der Waals surface area contributed by atoms with E-state index in [9.17, 15) is 9.90 Å². The molecule has 3 atom stereocenters. The minimum Gasteiger partial charge on any atom is -0.497 e. The lowest BCUT2D eigenvalue weighted by Crippen LogP contribution is -2.38. The van der Waals surface area contributed by atoms with Crippen LogP contribution in [0.5, 0.6) is 11.5 Å². The quantitative estimate of drug-likeness (QED) is 0.249. The first-order chi connectivity index (χ1) is 20.4. The minimum absolute atomic E-state index is 0.0415. The van der Waals surface area contributed by atoms with E-state index in [2.05, 4.69) is 4.98 Å². The number of aryl methyl sites for hydroxylation is 1. The molecule has 1 fully saturated rings. The summed E-state index contributed by atoms with van der Waals surface area (Å²) in [6.45, 7) is 1.84. The van der Waals surface area contributed by atoms with Crippen molar-refractivity contribution in [3.8, 4) is 11.5 Å². The van der Waals surface area contributed by atoms with Crippen molar-refractivity contribution in [1.29, 1.82) is 0 Å². The molecule has 5 aromatic rings. The van der Waals surface area contributed by atoms with Gasteiger partial charge >= 0.3 is 5.69 Å². The number of aliphatic hydroxyl groups excluding tert-OH is 1. The van der Waals surface area contributed by atoms with E-state index in [1.807, 2.05) is 84.9 Å². The summed E-state index contributed by atoms with van der Waals surface area (Å²) in [4.78, 5) is 16.8. The van der Waals surface area contributed by atoms with Crippen molar-refractivity contribution in [1.82, 2.24) is 9.55 Å². The lowest BCUT2D eigenvalue weighted by molar-refractivity contribution is -0.0943. The van der Waals surface area contributed by atoms with Crippen LogP contribution in [-0.2, 0) is 15.1 Å². The number of nitrogens with zero attached hydrogens (tertiary/aromatic N) is 2. The molecule has 3 heterocycles. The first-order valence-corrected chi connectivity index (χ1v) is 13.7. The molecular weight excluding hydrogens is 536 g/mol. The monoisotopic (exact) mass is 568 g/mol. The summed E-state index contributed by atoms with van der Waals surface area (Å²) < 4.78 is 30.9. The Kier molecular flexibility index (Phi) is 7.55. The normalized spacial score (nSPS) is 18.8. The molecule has 0 saturated carbocycles. The molecule has 42 heavy (non-hydrogen) atoms. The van der Waals surface area contributed by atoms with Gasteiger partial charge < -0.3 is 28.5 Å². The topological polar surface area (TPSA) is 105 Å². The zero-order valence-electron chi connectivity index (χ0n) is 23.6. The van der Waals surface area contributed by atoms with Gasteiger partial charge in [-0.15, -0.1) is 0 Å². The third-order valence-corrected chi connectivity index (χ3v) is 7.71. The summed E-state index contributed by atoms with van der Waals surface area (Å²) in [5, 5.41) is 11.8. The number of benzene rings is 3. The van der Waals surface area contributed by atoms with Gasteiger partial charge in [0, 0.05) is 12.6 Å². The number of methoxy groups -OCH3 is 2. The minimum atomic E-state index is -1.06. The molecule has 1 aliphatic rings. The highest BCUT2D eigenvalue weighted by Crippen LogP contribution is 2.42. The standard InChI is InChI=1S/C33H32N2O7/c1-21-17-22-19-35(32(37)34-31(22)41-21)30-18-28(36)29(42-30)20-40-33(23-7-5-4-6-8-23,24-9-13-26(38-2)14-10-24)25-11-15-27(39-3)16-12-25/h4-17,19,28-30,36H,18,20H2,1-3H3/t28-,29+,30+/m0/s1. The number of hydrogen-bond acceptors (Lipinski definition) is 8. The van der Waals surface area contributed by atoms with Gasteiger partial charge in [-0.05, 0) is 53.9 Å². The third kappa shape index (κ3) is 5.07. The largest absolute Gasteiger partial charge is 0.497 e. The van der Waals surface area contributed by atoms with E-state index >= 15 is 0 Å². The summed E-state index contributed by atoms with van der Waals surface area (Å²) in [6.07, 6.45) is -0.417. The Bertz CT molecular complexity index is 1660. The van der Waals surface area contributed by atoms with Gasteiger partial charge in [0.05, 0.1) is 32.3 Å². The van der Waals surface area contributed by atoms with E-state index in [4.69, 9.17) is 23.4 Å². The average molecular weight is 569 g/mol. The Hall–Kier alpha value is -4.44. The van der Waals surface area contributed by atoms with Crippen molar-refractivity contribution in [3.63, 3.8) is 0 Å². The first-order valence-electron chi connectivity index (χ1n) is 13.7. The van der Waals surface area contributed by atoms with Crippen LogP contribution in [0.25, 0.3) is 11.1 Å². The number of ether oxygens (including phenoxy) is 4. The maximum Gasteiger partial charge on any atom is 0.353 e. The predicted octanol–water partition coefficient (Wildman–Crippen LogP) is 4.97. The van der Waals surface area contributed by atoms with Crippen molar-refractivity contribution in [2.24, 2.45) is 0 Å². The maximum atomic E-state index is 12.8. The highest BCUT2D eigenvalue weighted by atomic mass is 16.6. The molecule has 6 rings (SSSR count). The van der Waals surface area contributed by atoms with Gasteiger partial charge in [-0.1, -0.05) is 54.6 Å². The lowest BCUT2D eigenvalue weighted by atomic mass is 9.80. The van der Waals surface area contributed by atoms with Crippen molar-refractivity contribution in [3.05, 3.63) is 124 Å². The Morgan fingerprint density at radius 1 is 0.929 bits per heavy atom. The molecule has 1 aliphatic heterocycles. The van der Waals surface area contributed by atoms with Gasteiger partial charge in [0.1, 0.15) is 35.2 Å². The van der Waals surface area contributed by atoms with E-state index in [1.54, 1.807) is 27.3 Å². The number of aromatic nitrogens is 2. The Balaban J connectivity index is 1.36. The lowest BCUT2D eigenvalue weighted by Gasteiger charge is -2.37. The number of aliphatic hydroxyl groups is 1. The van der Waals surface area contributed by atoms with Crippen LogP contribution < -0.4 is 15.2 Å². The summed E-state index contributed by atoms with van der Waals surface area (Å²) in [7, 11) is 3.25. The number of hydrogen-bond donors (Lipinski definition) is 1. The molecule has 0 unspecified atom stereocenters. The third-order valence-electron chi connectivity index (χ3n) is 7.71. The number of rotatable bonds is 9. The molecule has 0 spiro atoms. The van der Waals surface area contributed by atoms with Gasteiger partial charge in [-0.3, -0.25) is 4.57 Å². The van der Waals surface area contributed by atoms with E-state index in [0.717, 1.165) is 28.2 Å². The second kappa shape index (κ2) is 11.4. The average Bonchev–Trinajstić information content (AvgIpc) is 3.58. The van der Waals surface area contributed by atoms with Crippen LogP contribution in [0.15, 0.2) is 100 Å². The van der Waals surface area contributed by atoms with E-state index in [0.29, 0.717) is 11.1 Å². The first kappa shape index (κ1) is 27.7. The highest BCUT2D eigenvalue weighted by Gasteiger charge is 2.42. The summed E-state index contributed by atoms with van der Waals surface area (Å²) >= 11 is 0. The fraction of sp³-hybridized carbons (Fsp3) is 0.273. The van der Waals surface area contributed by atoms with E-state index in [1.165, 1.54) is 4.57 Å². The Morgan fingerprint density at radius 2 is 1.52 bits per heavy atom. The van der Waals surface area contributed by atoms with Crippen molar-refractivity contribution >= 4 is 11.1 Å². The molecule has 0 bridgehead atoms. The Morgan fingerprint density at radius 3 is 2.12 bits per heavy atom. The highest BCUT2D eigenvalue weighted by molar-refractivity contribution is 5.72. The summed E-state index contributed by atoms with van der Waals surface area (Å²) in [5.74, 6) is 2.09. The number of furan rings is 1. The molecule has 1 saturated heterocycles. The molecule has 3 aromatic carbocycles. The molecule has 0 amide bonds. The van der Waals surface area contributed by atoms with Gasteiger partial charge in [-0.2, -0.15) is 4.98 Å². The molecular formula is C33H32N2O7. The predicted molar refractivity (Wildman–Crippen MR) is 156 cm³/mol. The molecule has 2 aromatic heterocycles. The fourth-order valence-corrected chi connectivity index (χ4v) is 5.57. The van der Waals surface area contributed by atoms with Crippen LogP contribution in [0.2, 0.25) is 0 Å². The van der Waals surface area contributed by atoms with Crippen molar-refractivity contribution in [2.45, 2.75) is 37.4 Å². The van der Waals surface area contributed by atoms with Crippen LogP contribution in [0.3, 0.4) is 0 Å². The van der Waals surface area contributed by atoms with Gasteiger partial charge in [-0.25, -0.2) is 4.79 Å². The maximum absolute atomic E-state index is 12.8. The molecule has 0 radical (unpaired) electrons. The van der Waals surface area contributed by atoms with E-state index < -0.39 is 29.7 Å². The summed E-state index contributed by atoms with van der Waals surface area (Å²) in [6, 6.07) is 27.2. The molecule has 9 heteroatoms. The van der Waals surface area contributed by atoms with Crippen LogP contribution in [0.1, 0.15) is 35.1 Å². The van der Waals surface area contributed by atoms with Gasteiger partial charge in [0.25, 0.3) is 0 Å². The van der Waals surface area contributed by atoms with E-state index in [-0.39, 0.29) is 18.7 Å².